The number of ether oxygens (including phenoxy) is 1. The third-order valence-corrected chi connectivity index (χ3v) is 4.30. The van der Waals surface area contributed by atoms with Gasteiger partial charge in [0.15, 0.2) is 18.0 Å². The van der Waals surface area contributed by atoms with E-state index in [1.165, 1.54) is 3.97 Å². The van der Waals surface area contributed by atoms with Gasteiger partial charge in [0.2, 0.25) is 0 Å². The quantitative estimate of drug-likeness (QED) is 0.515. The van der Waals surface area contributed by atoms with Gasteiger partial charge in [-0.25, -0.2) is 13.9 Å². The van der Waals surface area contributed by atoms with Gasteiger partial charge in [-0.15, -0.1) is 3.89 Å². The molecule has 4 rings (SSSR count). The highest BCUT2D eigenvalue weighted by molar-refractivity contribution is 7.92. The molecule has 0 fully saturated rings. The second-order valence-corrected chi connectivity index (χ2v) is 5.81. The molecule has 4 aromatic rings. The second-order valence-electron chi connectivity index (χ2n) is 4.89. The van der Waals surface area contributed by atoms with Gasteiger partial charge < -0.3 is 9.14 Å². The molecule has 0 saturated carbocycles. The molecule has 0 aliphatic rings. The van der Waals surface area contributed by atoms with Gasteiger partial charge in [-0.3, -0.25) is 0 Å². The van der Waals surface area contributed by atoms with E-state index in [0.717, 1.165) is 22.2 Å². The molecule has 0 radical (unpaired) electrons. The van der Waals surface area contributed by atoms with Crippen LogP contribution in [-0.2, 0) is 0 Å². The maximum atomic E-state index is 13.3. The number of rotatable bonds is 3. The summed E-state index contributed by atoms with van der Waals surface area (Å²) in [5, 5.41) is 1.10. The summed E-state index contributed by atoms with van der Waals surface area (Å²) in [6, 6.07) is 5.34. The van der Waals surface area contributed by atoms with E-state index in [1.54, 1.807) is 25.6 Å². The van der Waals surface area contributed by atoms with Crippen molar-refractivity contribution >= 4 is 40.6 Å². The molecule has 0 atom stereocenters. The average Bonchev–Trinajstić information content (AvgIpc) is 3.16. The lowest BCUT2D eigenvalue weighted by Gasteiger charge is -2.08. The molecule has 0 aromatic carbocycles. The lowest BCUT2D eigenvalue weighted by molar-refractivity contribution is 0.416. The van der Waals surface area contributed by atoms with Crippen LogP contribution in [0.25, 0.3) is 27.8 Å². The lowest BCUT2D eigenvalue weighted by Crippen LogP contribution is -1.92. The van der Waals surface area contributed by atoms with Crippen LogP contribution in [0, 0.1) is 0 Å². The number of pyridine rings is 2. The fourth-order valence-electron chi connectivity index (χ4n) is 2.63. The molecule has 0 amide bonds. The first-order chi connectivity index (χ1) is 11.2. The minimum Gasteiger partial charge on any atom is -0.496 e. The van der Waals surface area contributed by atoms with Gasteiger partial charge in [0.05, 0.1) is 7.11 Å². The number of imidazole rings is 1. The molecule has 4 heterocycles. The maximum absolute atomic E-state index is 13.3. The largest absolute Gasteiger partial charge is 0.496 e. The predicted molar refractivity (Wildman–Crippen MR) is 89.6 cm³/mol. The zero-order chi connectivity index (χ0) is 16.0. The van der Waals surface area contributed by atoms with Gasteiger partial charge >= 0.3 is 0 Å². The summed E-state index contributed by atoms with van der Waals surface area (Å²) in [5.74, 6) is 0.654. The van der Waals surface area contributed by atoms with Crippen LogP contribution in [0.15, 0.2) is 43.0 Å². The van der Waals surface area contributed by atoms with Crippen LogP contribution in [0.4, 0.5) is 3.89 Å². The SMILES string of the molecule is COc1cc2nccn2cc1-c1cn(SF)c2nc(Cl)ccc12. The van der Waals surface area contributed by atoms with Crippen molar-refractivity contribution in [3.8, 4) is 16.9 Å². The molecule has 0 bridgehead atoms. The predicted octanol–water partition coefficient (Wildman–Crippen LogP) is 4.39. The highest BCUT2D eigenvalue weighted by atomic mass is 35.5. The van der Waals surface area contributed by atoms with E-state index in [4.69, 9.17) is 16.3 Å². The van der Waals surface area contributed by atoms with Gasteiger partial charge in [0, 0.05) is 47.4 Å². The number of hydrogen-bond donors (Lipinski definition) is 0. The highest BCUT2D eigenvalue weighted by Crippen LogP contribution is 2.38. The highest BCUT2D eigenvalue weighted by Gasteiger charge is 2.17. The summed E-state index contributed by atoms with van der Waals surface area (Å²) in [6.45, 7) is 0. The van der Waals surface area contributed by atoms with Gasteiger partial charge in [-0.05, 0) is 12.1 Å². The molecular formula is C15H10ClFN4OS. The minimum absolute atomic E-state index is 0.0768. The number of hydrogen-bond acceptors (Lipinski definition) is 4. The standard InChI is InChI=1S/C15H10ClFN4OS/c1-22-12-6-14-18-4-5-20(14)7-11(12)10-8-21(23-17)15-9(10)2-3-13(16)19-15/h2-8H,1H3. The molecule has 0 unspecified atom stereocenters. The summed E-state index contributed by atoms with van der Waals surface area (Å²) < 4.78 is 22.0. The summed E-state index contributed by atoms with van der Waals surface area (Å²) in [7, 11) is 1.59. The monoisotopic (exact) mass is 348 g/mol. The molecule has 116 valence electrons. The lowest BCUT2D eigenvalue weighted by atomic mass is 10.1. The summed E-state index contributed by atoms with van der Waals surface area (Å²) in [5.41, 5.74) is 2.87. The molecule has 8 heteroatoms. The number of nitrogens with zero attached hydrogens (tertiary/aromatic N) is 4. The first-order valence-electron chi connectivity index (χ1n) is 6.69. The van der Waals surface area contributed by atoms with Crippen molar-refractivity contribution in [1.29, 1.82) is 0 Å². The second kappa shape index (κ2) is 5.43. The molecule has 0 aliphatic carbocycles. The van der Waals surface area contributed by atoms with Crippen molar-refractivity contribution in [1.82, 2.24) is 18.3 Å². The zero-order valence-corrected chi connectivity index (χ0v) is 13.5. The van der Waals surface area contributed by atoms with E-state index in [-0.39, 0.29) is 12.3 Å². The van der Waals surface area contributed by atoms with Crippen LogP contribution < -0.4 is 4.74 Å². The molecule has 0 saturated heterocycles. The Kier molecular flexibility index (Phi) is 3.39. The Labute approximate surface area is 140 Å². The fraction of sp³-hybridized carbons (Fsp3) is 0.0667. The summed E-state index contributed by atoms with van der Waals surface area (Å²) in [4.78, 5) is 8.45. The minimum atomic E-state index is 0.0768. The van der Waals surface area contributed by atoms with Crippen molar-refractivity contribution in [2.75, 3.05) is 7.11 Å². The molecule has 5 nitrogen and oxygen atoms in total. The van der Waals surface area contributed by atoms with Crippen LogP contribution in [0.2, 0.25) is 5.15 Å². The van der Waals surface area contributed by atoms with Gasteiger partial charge in [0.1, 0.15) is 16.5 Å². The van der Waals surface area contributed by atoms with Gasteiger partial charge in [0.25, 0.3) is 0 Å². The Morgan fingerprint density at radius 1 is 1.26 bits per heavy atom. The number of aromatic nitrogens is 4. The Morgan fingerprint density at radius 2 is 2.13 bits per heavy atom. The van der Waals surface area contributed by atoms with E-state index < -0.39 is 0 Å². The van der Waals surface area contributed by atoms with E-state index in [2.05, 4.69) is 9.97 Å². The van der Waals surface area contributed by atoms with Crippen molar-refractivity contribution in [2.45, 2.75) is 0 Å². The first-order valence-corrected chi connectivity index (χ1v) is 7.74. The van der Waals surface area contributed by atoms with Crippen LogP contribution in [0.5, 0.6) is 5.75 Å². The Hall–Kier alpha value is -2.25. The van der Waals surface area contributed by atoms with E-state index in [0.29, 0.717) is 16.5 Å². The topological polar surface area (TPSA) is 44.4 Å². The van der Waals surface area contributed by atoms with Crippen LogP contribution in [-0.4, -0.2) is 25.5 Å². The number of fused-ring (bicyclic) bond motifs is 2. The van der Waals surface area contributed by atoms with E-state index in [9.17, 15) is 3.89 Å². The van der Waals surface area contributed by atoms with Crippen LogP contribution >= 0.6 is 23.9 Å². The maximum Gasteiger partial charge on any atom is 0.171 e. The first kappa shape index (κ1) is 14.3. The van der Waals surface area contributed by atoms with Crippen molar-refractivity contribution in [3.05, 3.63) is 48.1 Å². The van der Waals surface area contributed by atoms with Crippen molar-refractivity contribution < 1.29 is 8.62 Å². The molecule has 0 N–H and O–H groups in total. The fourth-order valence-corrected chi connectivity index (χ4v) is 3.13. The van der Waals surface area contributed by atoms with E-state index >= 15 is 0 Å². The molecule has 4 aromatic heterocycles. The van der Waals surface area contributed by atoms with Crippen molar-refractivity contribution in [2.24, 2.45) is 0 Å². The van der Waals surface area contributed by atoms with E-state index in [1.807, 2.05) is 28.9 Å². The smallest absolute Gasteiger partial charge is 0.171 e. The Morgan fingerprint density at radius 3 is 2.91 bits per heavy atom. The normalized spacial score (nSPS) is 11.4. The summed E-state index contributed by atoms with van der Waals surface area (Å²) >= 11 is 6.01. The Bertz CT molecular complexity index is 1030. The third kappa shape index (κ3) is 2.24. The van der Waals surface area contributed by atoms with Gasteiger partial charge in [-0.2, -0.15) is 0 Å². The number of methoxy groups -OCH3 is 1. The Balaban J connectivity index is 2.05. The molecule has 0 aliphatic heterocycles. The molecular weight excluding hydrogens is 339 g/mol. The van der Waals surface area contributed by atoms with Crippen LogP contribution in [0.1, 0.15) is 0 Å². The number of halogens is 2. The molecule has 0 spiro atoms. The van der Waals surface area contributed by atoms with Gasteiger partial charge in [-0.1, -0.05) is 11.6 Å². The van der Waals surface area contributed by atoms with Crippen molar-refractivity contribution in [3.63, 3.8) is 0 Å². The molecule has 23 heavy (non-hydrogen) atoms. The average molecular weight is 349 g/mol. The zero-order valence-electron chi connectivity index (χ0n) is 11.9. The third-order valence-electron chi connectivity index (χ3n) is 3.66. The summed E-state index contributed by atoms with van der Waals surface area (Å²) in [6.07, 6.45) is 7.13. The van der Waals surface area contributed by atoms with Crippen LogP contribution in [0.3, 0.4) is 0 Å².